The summed E-state index contributed by atoms with van der Waals surface area (Å²) in [5, 5.41) is 12.0. The summed E-state index contributed by atoms with van der Waals surface area (Å²) in [7, 11) is 0. The Balaban J connectivity index is 1.60. The normalized spacial score (nSPS) is 12.1. The molecule has 0 bridgehead atoms. The zero-order valence-electron chi connectivity index (χ0n) is 25.4. The average Bonchev–Trinajstić information content (AvgIpc) is 3.36. The maximum absolute atomic E-state index is 13.2. The quantitative estimate of drug-likeness (QED) is 0.166. The van der Waals surface area contributed by atoms with Crippen molar-refractivity contribution in [2.24, 2.45) is 0 Å². The first-order valence-electron chi connectivity index (χ1n) is 13.5. The molecule has 0 fully saturated rings. The van der Waals surface area contributed by atoms with E-state index in [9.17, 15) is 32.8 Å². The van der Waals surface area contributed by atoms with Gasteiger partial charge in [-0.25, -0.2) is 29.3 Å². The third-order valence-electron chi connectivity index (χ3n) is 5.77. The summed E-state index contributed by atoms with van der Waals surface area (Å²) in [6.45, 7) is 9.80. The van der Waals surface area contributed by atoms with Gasteiger partial charge in [-0.15, -0.1) is 0 Å². The first kappa shape index (κ1) is 33.9. The van der Waals surface area contributed by atoms with Gasteiger partial charge in [0.25, 0.3) is 0 Å². The Hall–Kier alpha value is -4.96. The molecule has 0 unspecified atom stereocenters. The van der Waals surface area contributed by atoms with Crippen molar-refractivity contribution in [2.75, 3.05) is 15.3 Å². The second-order valence-electron chi connectivity index (χ2n) is 11.7. The third kappa shape index (κ3) is 7.81. The summed E-state index contributed by atoms with van der Waals surface area (Å²) < 4.78 is 52.0. The van der Waals surface area contributed by atoms with E-state index in [2.05, 4.69) is 20.3 Å². The molecule has 13 nitrogen and oxygen atoms in total. The number of halogens is 4. The molecule has 2 aromatic heterocycles. The highest BCUT2D eigenvalue weighted by Gasteiger charge is 2.36. The number of imide groups is 1. The zero-order valence-corrected chi connectivity index (χ0v) is 26.1. The molecule has 2 heterocycles. The van der Waals surface area contributed by atoms with Crippen LogP contribution in [0.3, 0.4) is 0 Å². The monoisotopic (exact) mass is 663 g/mol. The number of amides is 4. The summed E-state index contributed by atoms with van der Waals surface area (Å²) in [6, 6.07) is 7.35. The van der Waals surface area contributed by atoms with Crippen molar-refractivity contribution in [1.82, 2.24) is 19.5 Å². The van der Waals surface area contributed by atoms with Crippen LogP contribution in [0.25, 0.3) is 16.9 Å². The number of carbonyl (C=O) groups is 3. The Kier molecular flexibility index (Phi) is 9.17. The number of fused-ring (bicyclic) bond motifs is 1. The molecule has 17 heteroatoms. The minimum atomic E-state index is -4.80. The number of anilines is 3. The van der Waals surface area contributed by atoms with Gasteiger partial charge in [-0.2, -0.15) is 23.1 Å². The number of ether oxygens (including phenoxy) is 2. The van der Waals surface area contributed by atoms with Crippen molar-refractivity contribution in [3.8, 4) is 5.69 Å². The van der Waals surface area contributed by atoms with Gasteiger partial charge in [0.1, 0.15) is 23.9 Å². The van der Waals surface area contributed by atoms with E-state index >= 15 is 0 Å². The van der Waals surface area contributed by atoms with Crippen LogP contribution in [0.5, 0.6) is 0 Å². The number of rotatable bonds is 4. The summed E-state index contributed by atoms with van der Waals surface area (Å²) >= 11 is 5.61. The molecular weight excluding hydrogens is 635 g/mol. The highest BCUT2D eigenvalue weighted by Crippen LogP contribution is 2.37. The van der Waals surface area contributed by atoms with E-state index in [-0.39, 0.29) is 27.7 Å². The number of nitrogens with one attached hydrogen (secondary N) is 1. The van der Waals surface area contributed by atoms with Crippen LogP contribution in [0.2, 0.25) is 5.02 Å². The topological polar surface area (TPSA) is 152 Å². The molecule has 2 aromatic carbocycles. The maximum atomic E-state index is 13.2. The van der Waals surface area contributed by atoms with Gasteiger partial charge >= 0.3 is 24.4 Å². The molecule has 0 saturated carbocycles. The van der Waals surface area contributed by atoms with Gasteiger partial charge in [-0.3, -0.25) is 9.77 Å². The number of alkyl halides is 3. The summed E-state index contributed by atoms with van der Waals surface area (Å²) in [6.07, 6.45) is -4.38. The molecule has 0 aliphatic rings. The molecule has 0 saturated heterocycles. The molecule has 0 atom stereocenters. The molecule has 4 aromatic rings. The van der Waals surface area contributed by atoms with Crippen LogP contribution in [0.4, 0.5) is 44.7 Å². The van der Waals surface area contributed by atoms with E-state index in [4.69, 9.17) is 21.1 Å². The van der Waals surface area contributed by atoms with Crippen molar-refractivity contribution < 1.29 is 42.2 Å². The van der Waals surface area contributed by atoms with E-state index in [1.807, 2.05) is 0 Å². The third-order valence-corrected chi connectivity index (χ3v) is 6.10. The van der Waals surface area contributed by atoms with E-state index < -0.39 is 51.9 Å². The fourth-order valence-electron chi connectivity index (χ4n) is 3.90. The Labute approximate surface area is 265 Å². The molecule has 46 heavy (non-hydrogen) atoms. The van der Waals surface area contributed by atoms with Gasteiger partial charge in [0.15, 0.2) is 17.0 Å². The van der Waals surface area contributed by atoms with Crippen LogP contribution in [0.15, 0.2) is 55.1 Å². The largest absolute Gasteiger partial charge is 0.443 e. The van der Waals surface area contributed by atoms with Crippen molar-refractivity contribution in [3.05, 3.63) is 65.7 Å². The SMILES string of the molecule is CC(C)(C)OC(=O)N(C(=O)OC(C)(C)C)c1ncnc2c1ncn2-c1ccc(NC(=O)N(O)c2ccc(Cl)c(C(F)(F)F)c2)cc1. The Bertz CT molecular complexity index is 1760. The molecule has 244 valence electrons. The van der Waals surface area contributed by atoms with Crippen LogP contribution in [-0.4, -0.2) is 54.1 Å². The molecule has 4 rings (SSSR count). The van der Waals surface area contributed by atoms with E-state index in [1.165, 1.54) is 23.0 Å². The van der Waals surface area contributed by atoms with E-state index in [1.54, 1.807) is 53.7 Å². The number of carbonyl (C=O) groups excluding carboxylic acids is 3. The van der Waals surface area contributed by atoms with Gasteiger partial charge in [0, 0.05) is 11.4 Å². The van der Waals surface area contributed by atoms with Crippen LogP contribution in [0, 0.1) is 0 Å². The molecule has 2 N–H and O–H groups in total. The lowest BCUT2D eigenvalue weighted by molar-refractivity contribution is -0.137. The number of urea groups is 1. The first-order chi connectivity index (χ1) is 21.2. The second-order valence-corrected chi connectivity index (χ2v) is 12.1. The molecule has 0 aliphatic carbocycles. The summed E-state index contributed by atoms with van der Waals surface area (Å²) in [5.41, 5.74) is -2.67. The maximum Gasteiger partial charge on any atom is 0.425 e. The number of aromatic nitrogens is 4. The lowest BCUT2D eigenvalue weighted by atomic mass is 10.2. The minimum Gasteiger partial charge on any atom is -0.443 e. The highest BCUT2D eigenvalue weighted by atomic mass is 35.5. The van der Waals surface area contributed by atoms with Crippen molar-refractivity contribution in [3.63, 3.8) is 0 Å². The fourth-order valence-corrected chi connectivity index (χ4v) is 4.12. The average molecular weight is 664 g/mol. The van der Waals surface area contributed by atoms with Crippen LogP contribution in [-0.2, 0) is 15.7 Å². The Morgan fingerprint density at radius 2 is 1.48 bits per heavy atom. The lowest BCUT2D eigenvalue weighted by Crippen LogP contribution is -2.44. The predicted molar refractivity (Wildman–Crippen MR) is 161 cm³/mol. The van der Waals surface area contributed by atoms with Crippen LogP contribution in [0.1, 0.15) is 47.1 Å². The Morgan fingerprint density at radius 1 is 0.891 bits per heavy atom. The number of imidazole rings is 1. The van der Waals surface area contributed by atoms with E-state index in [0.29, 0.717) is 16.7 Å². The summed E-state index contributed by atoms with van der Waals surface area (Å²) in [4.78, 5) is 52.2. The number of hydrogen-bond acceptors (Lipinski definition) is 9. The van der Waals surface area contributed by atoms with Crippen molar-refractivity contribution in [1.29, 1.82) is 0 Å². The van der Waals surface area contributed by atoms with Gasteiger partial charge in [-0.05, 0) is 84.0 Å². The number of nitrogens with zero attached hydrogens (tertiary/aromatic N) is 6. The van der Waals surface area contributed by atoms with Crippen LogP contribution >= 0.6 is 11.6 Å². The molecule has 0 aliphatic heterocycles. The van der Waals surface area contributed by atoms with Gasteiger partial charge in [0.05, 0.1) is 16.3 Å². The zero-order chi connectivity index (χ0) is 34.2. The smallest absolute Gasteiger partial charge is 0.425 e. The standard InChI is InChI=1S/C29H29ClF3N7O6/c1-27(2,3)45-25(42)39(26(43)46-28(4,5)6)23-21-22(34-14-35-23)38(15-36-21)17-9-7-16(8-10-17)37-24(41)40(44)18-11-12-20(30)19(13-18)29(31,32)33/h7-15,44H,1-6H3,(H,37,41). The molecule has 4 amide bonds. The van der Waals surface area contributed by atoms with Crippen molar-refractivity contribution in [2.45, 2.75) is 58.9 Å². The van der Waals surface area contributed by atoms with E-state index in [0.717, 1.165) is 18.5 Å². The van der Waals surface area contributed by atoms with Gasteiger partial charge in [0.2, 0.25) is 0 Å². The fraction of sp³-hybridized carbons (Fsp3) is 0.310. The minimum absolute atomic E-state index is 0.0163. The first-order valence-corrected chi connectivity index (χ1v) is 13.8. The highest BCUT2D eigenvalue weighted by molar-refractivity contribution is 6.31. The number of hydroxylamine groups is 1. The molecule has 0 spiro atoms. The van der Waals surface area contributed by atoms with Crippen molar-refractivity contribution >= 4 is 58.2 Å². The van der Waals surface area contributed by atoms with Crippen LogP contribution < -0.4 is 15.3 Å². The number of hydrogen-bond donors (Lipinski definition) is 2. The predicted octanol–water partition coefficient (Wildman–Crippen LogP) is 7.59. The second kappa shape index (κ2) is 12.4. The molecular formula is C29H29ClF3N7O6. The summed E-state index contributed by atoms with van der Waals surface area (Å²) in [5.74, 6) is -0.185. The van der Waals surface area contributed by atoms with Gasteiger partial charge < -0.3 is 14.8 Å². The Morgan fingerprint density at radius 3 is 2.02 bits per heavy atom. The van der Waals surface area contributed by atoms with Gasteiger partial charge in [-0.1, -0.05) is 11.6 Å². The number of benzene rings is 2. The molecule has 0 radical (unpaired) electrons. The lowest BCUT2D eigenvalue weighted by Gasteiger charge is -2.28.